The fourth-order valence-corrected chi connectivity index (χ4v) is 3.97. The van der Waals surface area contributed by atoms with E-state index in [1.165, 1.54) is 0 Å². The number of pyridine rings is 1. The fourth-order valence-electron chi connectivity index (χ4n) is 3.97. The predicted molar refractivity (Wildman–Crippen MR) is 127 cm³/mol. The lowest BCUT2D eigenvalue weighted by atomic mass is 10.0. The Balaban J connectivity index is 1.61. The monoisotopic (exact) mass is 444 g/mol. The van der Waals surface area contributed by atoms with Gasteiger partial charge >= 0.3 is 0 Å². The lowest BCUT2D eigenvalue weighted by Gasteiger charge is -2.27. The number of nitrogens with zero attached hydrogens (tertiary/aromatic N) is 5. The molecular formula is C25H28N6O2. The number of rotatable bonds is 5. The van der Waals surface area contributed by atoms with Crippen LogP contribution in [0.25, 0.3) is 5.57 Å². The van der Waals surface area contributed by atoms with E-state index in [-0.39, 0.29) is 17.6 Å². The Morgan fingerprint density at radius 3 is 2.42 bits per heavy atom. The van der Waals surface area contributed by atoms with Crippen molar-refractivity contribution in [3.05, 3.63) is 84.2 Å². The molecule has 0 spiro atoms. The lowest BCUT2D eigenvalue weighted by Crippen LogP contribution is -2.42. The second kappa shape index (κ2) is 10.1. The molecule has 0 aliphatic carbocycles. The number of benzene rings is 1. The Hall–Kier alpha value is -3.94. The van der Waals surface area contributed by atoms with Crippen molar-refractivity contribution >= 4 is 17.3 Å². The van der Waals surface area contributed by atoms with Gasteiger partial charge in [-0.3, -0.25) is 4.79 Å². The molecule has 2 aromatic heterocycles. The zero-order valence-electron chi connectivity index (χ0n) is 18.9. The average molecular weight is 445 g/mol. The summed E-state index contributed by atoms with van der Waals surface area (Å²) >= 11 is 0. The molecule has 33 heavy (non-hydrogen) atoms. The third kappa shape index (κ3) is 4.95. The molecule has 1 atom stereocenters. The summed E-state index contributed by atoms with van der Waals surface area (Å²) < 4.78 is 5.21. The summed E-state index contributed by atoms with van der Waals surface area (Å²) in [5.74, 6) is 1.80. The Morgan fingerprint density at radius 1 is 1.00 bits per heavy atom. The van der Waals surface area contributed by atoms with E-state index in [0.29, 0.717) is 30.2 Å². The fraction of sp³-hybridized carbons (Fsp3) is 0.280. The minimum absolute atomic E-state index is 0.0213. The minimum atomic E-state index is -0.210. The number of anilines is 1. The molecule has 1 aliphatic rings. The van der Waals surface area contributed by atoms with E-state index in [2.05, 4.69) is 26.8 Å². The topological polar surface area (TPSA) is 97.5 Å². The predicted octanol–water partition coefficient (Wildman–Crippen LogP) is 2.73. The van der Waals surface area contributed by atoms with E-state index in [9.17, 15) is 4.79 Å². The van der Waals surface area contributed by atoms with E-state index < -0.39 is 0 Å². The standard InChI is InChI=1S/C25H28N6O2/c1-18-11-14-30(21-10-9-20(33-2)17-29-21)15-16-31(18)25(32)23(26)22(19-7-4-3-5-8-19)24-27-12-6-13-28-24/h3-10,12-13,17-18H,11,14-16,26H2,1-2H3/b23-22-/t18-/m1/s1. The number of aromatic nitrogens is 3. The molecular weight excluding hydrogens is 416 g/mol. The highest BCUT2D eigenvalue weighted by Gasteiger charge is 2.29. The highest BCUT2D eigenvalue weighted by molar-refractivity contribution is 6.03. The first-order valence-electron chi connectivity index (χ1n) is 11.0. The summed E-state index contributed by atoms with van der Waals surface area (Å²) in [6, 6.07) is 15.2. The van der Waals surface area contributed by atoms with Gasteiger partial charge in [-0.05, 0) is 37.1 Å². The van der Waals surface area contributed by atoms with Gasteiger partial charge < -0.3 is 20.3 Å². The van der Waals surface area contributed by atoms with Crippen molar-refractivity contribution in [2.75, 3.05) is 31.6 Å². The summed E-state index contributed by atoms with van der Waals surface area (Å²) in [5, 5.41) is 0. The van der Waals surface area contributed by atoms with Gasteiger partial charge in [-0.2, -0.15) is 0 Å². The van der Waals surface area contributed by atoms with Gasteiger partial charge in [-0.15, -0.1) is 0 Å². The maximum atomic E-state index is 13.6. The number of nitrogens with two attached hydrogens (primary N) is 1. The Morgan fingerprint density at radius 2 is 1.76 bits per heavy atom. The zero-order valence-corrected chi connectivity index (χ0v) is 18.9. The Kier molecular flexibility index (Phi) is 6.83. The minimum Gasteiger partial charge on any atom is -0.495 e. The van der Waals surface area contributed by atoms with Gasteiger partial charge in [-0.25, -0.2) is 15.0 Å². The van der Waals surface area contributed by atoms with Gasteiger partial charge in [0.25, 0.3) is 5.91 Å². The molecule has 4 rings (SSSR count). The van der Waals surface area contributed by atoms with Crippen LogP contribution < -0.4 is 15.4 Å². The van der Waals surface area contributed by atoms with Crippen LogP contribution in [-0.4, -0.2) is 58.5 Å². The maximum absolute atomic E-state index is 13.6. The second-order valence-electron chi connectivity index (χ2n) is 7.91. The molecule has 1 saturated heterocycles. The van der Waals surface area contributed by atoms with Crippen molar-refractivity contribution in [2.45, 2.75) is 19.4 Å². The third-order valence-corrected chi connectivity index (χ3v) is 5.85. The zero-order chi connectivity index (χ0) is 23.2. The number of amides is 1. The van der Waals surface area contributed by atoms with Gasteiger partial charge in [-0.1, -0.05) is 30.3 Å². The van der Waals surface area contributed by atoms with E-state index >= 15 is 0 Å². The van der Waals surface area contributed by atoms with Crippen LogP contribution in [0.1, 0.15) is 24.7 Å². The number of hydrogen-bond donors (Lipinski definition) is 1. The number of carbonyl (C=O) groups excluding carboxylic acids is 1. The van der Waals surface area contributed by atoms with Crippen LogP contribution in [0.3, 0.4) is 0 Å². The van der Waals surface area contributed by atoms with Crippen LogP contribution in [0.4, 0.5) is 5.82 Å². The maximum Gasteiger partial charge on any atom is 0.270 e. The third-order valence-electron chi connectivity index (χ3n) is 5.85. The molecule has 1 amide bonds. The van der Waals surface area contributed by atoms with Crippen LogP contribution in [0, 0.1) is 0 Å². The normalized spacial score (nSPS) is 17.2. The van der Waals surface area contributed by atoms with Crippen LogP contribution in [0.5, 0.6) is 5.75 Å². The number of ether oxygens (including phenoxy) is 1. The summed E-state index contributed by atoms with van der Waals surface area (Å²) in [7, 11) is 1.62. The van der Waals surface area contributed by atoms with Gasteiger partial charge in [0.2, 0.25) is 0 Å². The highest BCUT2D eigenvalue weighted by atomic mass is 16.5. The molecule has 0 bridgehead atoms. The summed E-state index contributed by atoms with van der Waals surface area (Å²) in [5.41, 5.74) is 8.02. The van der Waals surface area contributed by atoms with Gasteiger partial charge in [0, 0.05) is 38.1 Å². The summed E-state index contributed by atoms with van der Waals surface area (Å²) in [6.45, 7) is 4.04. The van der Waals surface area contributed by atoms with Crippen LogP contribution in [-0.2, 0) is 4.79 Å². The molecule has 0 unspecified atom stereocenters. The van der Waals surface area contributed by atoms with Crippen molar-refractivity contribution in [1.29, 1.82) is 0 Å². The number of carbonyl (C=O) groups is 1. The molecule has 0 radical (unpaired) electrons. The lowest BCUT2D eigenvalue weighted by molar-refractivity contribution is -0.128. The molecule has 1 fully saturated rings. The molecule has 8 nitrogen and oxygen atoms in total. The summed E-state index contributed by atoms with van der Waals surface area (Å²) in [4.78, 5) is 30.9. The highest BCUT2D eigenvalue weighted by Crippen LogP contribution is 2.25. The first-order chi connectivity index (χ1) is 16.1. The van der Waals surface area contributed by atoms with E-state index in [4.69, 9.17) is 10.5 Å². The second-order valence-corrected chi connectivity index (χ2v) is 7.91. The molecule has 3 heterocycles. The Bertz CT molecular complexity index is 1060. The molecule has 2 N–H and O–H groups in total. The first-order valence-corrected chi connectivity index (χ1v) is 11.0. The Labute approximate surface area is 193 Å². The van der Waals surface area contributed by atoms with Gasteiger partial charge in [0.05, 0.1) is 18.9 Å². The average Bonchev–Trinajstić information content (AvgIpc) is 3.06. The van der Waals surface area contributed by atoms with E-state index in [1.54, 1.807) is 31.8 Å². The molecule has 170 valence electrons. The largest absolute Gasteiger partial charge is 0.495 e. The molecule has 0 saturated carbocycles. The van der Waals surface area contributed by atoms with Gasteiger partial charge in [0.15, 0.2) is 5.82 Å². The van der Waals surface area contributed by atoms with Crippen LogP contribution >= 0.6 is 0 Å². The van der Waals surface area contributed by atoms with Crippen LogP contribution in [0.2, 0.25) is 0 Å². The molecule has 1 aromatic carbocycles. The quantitative estimate of drug-likeness (QED) is 0.604. The van der Waals surface area contributed by atoms with Crippen molar-refractivity contribution < 1.29 is 9.53 Å². The molecule has 1 aliphatic heterocycles. The SMILES string of the molecule is COc1ccc(N2CC[C@@H](C)N(C(=O)/C(N)=C(\c3ccccc3)c3ncccn3)CC2)nc1. The van der Waals surface area contributed by atoms with E-state index in [0.717, 1.165) is 24.3 Å². The molecule has 8 heteroatoms. The van der Waals surface area contributed by atoms with Gasteiger partial charge in [0.1, 0.15) is 17.3 Å². The summed E-state index contributed by atoms with van der Waals surface area (Å²) in [6.07, 6.45) is 5.81. The number of hydrogen-bond acceptors (Lipinski definition) is 7. The van der Waals surface area contributed by atoms with Crippen molar-refractivity contribution in [1.82, 2.24) is 19.9 Å². The van der Waals surface area contributed by atoms with E-state index in [1.807, 2.05) is 47.4 Å². The van der Waals surface area contributed by atoms with Crippen molar-refractivity contribution in [2.24, 2.45) is 5.73 Å². The molecule has 3 aromatic rings. The van der Waals surface area contributed by atoms with Crippen LogP contribution in [0.15, 0.2) is 72.8 Å². The smallest absolute Gasteiger partial charge is 0.270 e. The van der Waals surface area contributed by atoms with Crippen molar-refractivity contribution in [3.63, 3.8) is 0 Å². The van der Waals surface area contributed by atoms with Crippen molar-refractivity contribution in [3.8, 4) is 5.75 Å². The number of methoxy groups -OCH3 is 1. The first kappa shape index (κ1) is 22.3.